The van der Waals surface area contributed by atoms with Gasteiger partial charge in [-0.1, -0.05) is 17.8 Å². The summed E-state index contributed by atoms with van der Waals surface area (Å²) < 4.78 is 23.8. The number of amides is 1. The van der Waals surface area contributed by atoms with Crippen LogP contribution in [0.5, 0.6) is 0 Å². The van der Waals surface area contributed by atoms with Crippen molar-refractivity contribution in [2.45, 2.75) is 16.2 Å². The second kappa shape index (κ2) is 6.59. The predicted molar refractivity (Wildman–Crippen MR) is 85.8 cm³/mol. The van der Waals surface area contributed by atoms with Gasteiger partial charge in [0.25, 0.3) is 0 Å². The zero-order valence-corrected chi connectivity index (χ0v) is 13.9. The molecule has 1 N–H and O–H groups in total. The number of carbonyl (C=O) groups excluding carboxylic acids is 1. The number of nitrogens with zero attached hydrogens (tertiary/aromatic N) is 1. The number of thioether (sulfide) groups is 1. The zero-order chi connectivity index (χ0) is 15.5. The lowest BCUT2D eigenvalue weighted by Gasteiger charge is -2.06. The van der Waals surface area contributed by atoms with Gasteiger partial charge in [0.1, 0.15) is 0 Å². The van der Waals surface area contributed by atoms with Crippen molar-refractivity contribution in [2.24, 2.45) is 0 Å². The summed E-state index contributed by atoms with van der Waals surface area (Å²) in [4.78, 5) is 16.3. The fourth-order valence-electron chi connectivity index (χ4n) is 1.53. The van der Waals surface area contributed by atoms with Crippen molar-refractivity contribution in [1.82, 2.24) is 4.98 Å². The number of hydrogen-bond donors (Lipinski definition) is 1. The van der Waals surface area contributed by atoms with Crippen LogP contribution in [0.15, 0.2) is 38.9 Å². The van der Waals surface area contributed by atoms with E-state index >= 15 is 0 Å². The highest BCUT2D eigenvalue weighted by Crippen LogP contribution is 2.22. The molecule has 0 unspecified atom stereocenters. The van der Waals surface area contributed by atoms with Gasteiger partial charge in [0.2, 0.25) is 5.91 Å². The molecule has 0 atom stereocenters. The van der Waals surface area contributed by atoms with E-state index in [1.165, 1.54) is 35.2 Å². The SMILES string of the molecule is Cc1csc(SCC(=O)Nc2cccc(S(C)(=O)=O)c2)n1. The van der Waals surface area contributed by atoms with E-state index in [2.05, 4.69) is 10.3 Å². The van der Waals surface area contributed by atoms with Crippen LogP contribution in [0.2, 0.25) is 0 Å². The third kappa shape index (κ3) is 4.83. The molecule has 1 aromatic carbocycles. The Labute approximate surface area is 131 Å². The molecule has 0 bridgehead atoms. The highest BCUT2D eigenvalue weighted by atomic mass is 32.2. The number of hydrogen-bond acceptors (Lipinski definition) is 6. The highest BCUT2D eigenvalue weighted by Gasteiger charge is 2.10. The number of sulfone groups is 1. The molecule has 0 radical (unpaired) electrons. The fourth-order valence-corrected chi connectivity index (χ4v) is 3.84. The van der Waals surface area contributed by atoms with Crippen molar-refractivity contribution in [2.75, 3.05) is 17.3 Å². The molecule has 0 spiro atoms. The maximum atomic E-state index is 11.8. The largest absolute Gasteiger partial charge is 0.325 e. The molecular weight excluding hydrogens is 328 g/mol. The second-order valence-electron chi connectivity index (χ2n) is 4.39. The van der Waals surface area contributed by atoms with Gasteiger partial charge in [-0.15, -0.1) is 11.3 Å². The van der Waals surface area contributed by atoms with Gasteiger partial charge in [-0.05, 0) is 25.1 Å². The van der Waals surface area contributed by atoms with E-state index in [9.17, 15) is 13.2 Å². The van der Waals surface area contributed by atoms with Gasteiger partial charge in [0.15, 0.2) is 14.2 Å². The first-order valence-corrected chi connectivity index (χ1v) is 9.75. The van der Waals surface area contributed by atoms with E-state index in [0.717, 1.165) is 16.3 Å². The molecule has 1 aromatic heterocycles. The van der Waals surface area contributed by atoms with Crippen LogP contribution in [0.3, 0.4) is 0 Å². The van der Waals surface area contributed by atoms with E-state index in [0.29, 0.717) is 5.69 Å². The summed E-state index contributed by atoms with van der Waals surface area (Å²) in [6, 6.07) is 6.21. The van der Waals surface area contributed by atoms with E-state index < -0.39 is 9.84 Å². The summed E-state index contributed by atoms with van der Waals surface area (Å²) in [7, 11) is -3.28. The van der Waals surface area contributed by atoms with Crippen molar-refractivity contribution in [3.05, 3.63) is 35.3 Å². The second-order valence-corrected chi connectivity index (χ2v) is 8.49. The molecule has 8 heteroatoms. The first-order valence-electron chi connectivity index (χ1n) is 5.99. The Morgan fingerprint density at radius 1 is 1.43 bits per heavy atom. The standard InChI is InChI=1S/C13H14N2O3S3/c1-9-7-19-13(14-9)20-8-12(16)15-10-4-3-5-11(6-10)21(2,17)18/h3-7H,8H2,1-2H3,(H,15,16). The number of carbonyl (C=O) groups is 1. The van der Waals surface area contributed by atoms with Crippen LogP contribution in [0.4, 0.5) is 5.69 Å². The molecule has 5 nitrogen and oxygen atoms in total. The van der Waals surface area contributed by atoms with Crippen molar-refractivity contribution in [1.29, 1.82) is 0 Å². The normalized spacial score (nSPS) is 11.3. The monoisotopic (exact) mass is 342 g/mol. The lowest BCUT2D eigenvalue weighted by atomic mass is 10.3. The molecule has 1 heterocycles. The quantitative estimate of drug-likeness (QED) is 0.845. The number of benzene rings is 1. The minimum absolute atomic E-state index is 0.184. The maximum absolute atomic E-state index is 11.8. The summed E-state index contributed by atoms with van der Waals surface area (Å²) in [6.07, 6.45) is 1.13. The van der Waals surface area contributed by atoms with Crippen molar-refractivity contribution < 1.29 is 13.2 Å². The number of aromatic nitrogens is 1. The molecule has 0 aliphatic carbocycles. The zero-order valence-electron chi connectivity index (χ0n) is 11.5. The molecule has 21 heavy (non-hydrogen) atoms. The van der Waals surface area contributed by atoms with Crippen LogP contribution >= 0.6 is 23.1 Å². The van der Waals surface area contributed by atoms with Crippen molar-refractivity contribution in [3.8, 4) is 0 Å². The number of rotatable bonds is 5. The van der Waals surface area contributed by atoms with E-state index in [-0.39, 0.29) is 16.6 Å². The molecule has 0 saturated heterocycles. The molecule has 0 aliphatic rings. The molecular formula is C13H14N2O3S3. The Balaban J connectivity index is 1.96. The maximum Gasteiger partial charge on any atom is 0.234 e. The van der Waals surface area contributed by atoms with Gasteiger partial charge in [-0.3, -0.25) is 4.79 Å². The average Bonchev–Trinajstić information content (AvgIpc) is 2.82. The van der Waals surface area contributed by atoms with E-state index in [1.807, 2.05) is 12.3 Å². The molecule has 0 fully saturated rings. The minimum Gasteiger partial charge on any atom is -0.325 e. The predicted octanol–water partition coefficient (Wildman–Crippen LogP) is 2.59. The Hall–Kier alpha value is -1.38. The van der Waals surface area contributed by atoms with Gasteiger partial charge in [0, 0.05) is 23.0 Å². The Kier molecular flexibility index (Phi) is 5.02. The van der Waals surface area contributed by atoms with Gasteiger partial charge in [-0.25, -0.2) is 13.4 Å². The Morgan fingerprint density at radius 2 is 2.19 bits per heavy atom. The third-order valence-electron chi connectivity index (χ3n) is 2.47. The average molecular weight is 342 g/mol. The van der Waals surface area contributed by atoms with Gasteiger partial charge in [0.05, 0.1) is 10.6 Å². The van der Waals surface area contributed by atoms with Crippen LogP contribution in [-0.4, -0.2) is 31.3 Å². The van der Waals surface area contributed by atoms with E-state index in [1.54, 1.807) is 12.1 Å². The van der Waals surface area contributed by atoms with Crippen LogP contribution in [0.1, 0.15) is 5.69 Å². The van der Waals surface area contributed by atoms with Crippen LogP contribution in [0, 0.1) is 6.92 Å². The lowest BCUT2D eigenvalue weighted by Crippen LogP contribution is -2.14. The smallest absolute Gasteiger partial charge is 0.234 e. The summed E-state index contributed by atoms with van der Waals surface area (Å²) in [5, 5.41) is 4.61. The third-order valence-corrected chi connectivity index (χ3v) is 5.72. The molecule has 1 amide bonds. The Morgan fingerprint density at radius 3 is 2.81 bits per heavy atom. The molecule has 2 rings (SSSR count). The van der Waals surface area contributed by atoms with E-state index in [4.69, 9.17) is 0 Å². The van der Waals surface area contributed by atoms with Crippen molar-refractivity contribution >= 4 is 44.5 Å². The fraction of sp³-hybridized carbons (Fsp3) is 0.231. The first kappa shape index (κ1) is 16.0. The summed E-state index contributed by atoms with van der Waals surface area (Å²) in [6.45, 7) is 1.90. The van der Waals surface area contributed by atoms with Gasteiger partial charge >= 0.3 is 0 Å². The molecule has 2 aromatic rings. The highest BCUT2D eigenvalue weighted by molar-refractivity contribution is 8.01. The van der Waals surface area contributed by atoms with Crippen molar-refractivity contribution in [3.63, 3.8) is 0 Å². The lowest BCUT2D eigenvalue weighted by molar-refractivity contribution is -0.113. The molecule has 0 aliphatic heterocycles. The number of aryl methyl sites for hydroxylation is 1. The summed E-state index contributed by atoms with van der Waals surface area (Å²) in [5.74, 6) is 0.0364. The molecule has 0 saturated carbocycles. The minimum atomic E-state index is -3.28. The number of nitrogens with one attached hydrogen (secondary N) is 1. The van der Waals surface area contributed by atoms with Crippen LogP contribution in [-0.2, 0) is 14.6 Å². The molecule has 112 valence electrons. The number of thiazole rings is 1. The van der Waals surface area contributed by atoms with Crippen LogP contribution < -0.4 is 5.32 Å². The first-order chi connectivity index (χ1) is 9.84. The topological polar surface area (TPSA) is 76.1 Å². The Bertz CT molecular complexity index is 754. The van der Waals surface area contributed by atoms with Gasteiger partial charge < -0.3 is 5.32 Å². The number of anilines is 1. The summed E-state index contributed by atoms with van der Waals surface area (Å²) >= 11 is 2.85. The van der Waals surface area contributed by atoms with Gasteiger partial charge in [-0.2, -0.15) is 0 Å². The van der Waals surface area contributed by atoms with Crippen LogP contribution in [0.25, 0.3) is 0 Å². The summed E-state index contributed by atoms with van der Waals surface area (Å²) in [5.41, 5.74) is 1.41.